The van der Waals surface area contributed by atoms with Gasteiger partial charge in [0.2, 0.25) is 0 Å². The average molecular weight is 408 g/mol. The van der Waals surface area contributed by atoms with Gasteiger partial charge in [0.1, 0.15) is 11.5 Å². The van der Waals surface area contributed by atoms with Crippen molar-refractivity contribution in [2.45, 2.75) is 32.1 Å². The van der Waals surface area contributed by atoms with Gasteiger partial charge in [-0.3, -0.25) is 9.69 Å². The van der Waals surface area contributed by atoms with E-state index in [9.17, 15) is 4.79 Å². The van der Waals surface area contributed by atoms with Gasteiger partial charge in [-0.2, -0.15) is 0 Å². The summed E-state index contributed by atoms with van der Waals surface area (Å²) in [7, 11) is 0. The van der Waals surface area contributed by atoms with Gasteiger partial charge >= 0.3 is 0 Å². The molecule has 0 saturated heterocycles. The molecule has 1 aliphatic carbocycles. The van der Waals surface area contributed by atoms with Crippen LogP contribution in [0.2, 0.25) is 0 Å². The molecule has 0 atom stereocenters. The number of ether oxygens (including phenoxy) is 1. The van der Waals surface area contributed by atoms with Crippen LogP contribution >= 0.6 is 0 Å². The van der Waals surface area contributed by atoms with Crippen LogP contribution in [0.1, 0.15) is 37.7 Å². The minimum Gasteiger partial charge on any atom is -0.456 e. The van der Waals surface area contributed by atoms with Gasteiger partial charge in [0, 0.05) is 16.9 Å². The van der Waals surface area contributed by atoms with Crippen molar-refractivity contribution in [3.05, 3.63) is 107 Å². The summed E-state index contributed by atoms with van der Waals surface area (Å²) in [5.74, 6) is 1.50. The standard InChI is InChI=1S/C28H25NO2/c30-28(29(23-15-6-2-7-16-23)24-17-8-3-9-18-24)25-20-22-14-10-11-19-26(22)31-27(25)21-12-4-1-5-13-21/h2-3,6-11,14-20H,1,4-5,12-13H2. The van der Waals surface area contributed by atoms with E-state index in [1.165, 1.54) is 12.0 Å². The molecule has 1 aliphatic heterocycles. The second-order valence-corrected chi connectivity index (χ2v) is 8.00. The fourth-order valence-corrected chi connectivity index (χ4v) is 4.36. The highest BCUT2D eigenvalue weighted by Gasteiger charge is 2.30. The number of nitrogens with zero attached hydrogens (tertiary/aromatic N) is 1. The zero-order chi connectivity index (χ0) is 21.0. The Morgan fingerprint density at radius 1 is 0.710 bits per heavy atom. The number of para-hydroxylation sites is 3. The zero-order valence-corrected chi connectivity index (χ0v) is 17.5. The van der Waals surface area contributed by atoms with Crippen molar-refractivity contribution in [3.8, 4) is 5.75 Å². The summed E-state index contributed by atoms with van der Waals surface area (Å²) < 4.78 is 6.39. The maximum atomic E-state index is 14.1. The monoisotopic (exact) mass is 407 g/mol. The van der Waals surface area contributed by atoms with Crippen LogP contribution in [0.5, 0.6) is 5.75 Å². The maximum Gasteiger partial charge on any atom is 0.266 e. The Labute approximate surface area is 183 Å². The Bertz CT molecular complexity index is 1100. The quantitative estimate of drug-likeness (QED) is 0.466. The van der Waals surface area contributed by atoms with Gasteiger partial charge < -0.3 is 4.74 Å². The van der Waals surface area contributed by atoms with Gasteiger partial charge in [0.25, 0.3) is 5.91 Å². The molecule has 0 radical (unpaired) electrons. The van der Waals surface area contributed by atoms with Crippen molar-refractivity contribution in [1.82, 2.24) is 0 Å². The van der Waals surface area contributed by atoms with E-state index in [1.807, 2.05) is 91.0 Å². The Hall–Kier alpha value is -3.59. The summed E-state index contributed by atoms with van der Waals surface area (Å²) in [4.78, 5) is 15.9. The molecule has 2 aliphatic rings. The largest absolute Gasteiger partial charge is 0.456 e. The molecule has 3 heteroatoms. The van der Waals surface area contributed by atoms with Gasteiger partial charge in [-0.15, -0.1) is 0 Å². The molecule has 3 aromatic carbocycles. The summed E-state index contributed by atoms with van der Waals surface area (Å²) in [5.41, 5.74) is 4.50. The molecule has 31 heavy (non-hydrogen) atoms. The Balaban J connectivity index is 1.65. The first kappa shape index (κ1) is 19.4. The molecule has 0 bridgehead atoms. The minimum atomic E-state index is -0.0695. The van der Waals surface area contributed by atoms with Crippen molar-refractivity contribution >= 4 is 23.4 Å². The smallest absolute Gasteiger partial charge is 0.266 e. The number of carbonyl (C=O) groups excluding carboxylic acids is 1. The molecule has 0 spiro atoms. The second kappa shape index (κ2) is 8.65. The number of allylic oxidation sites excluding steroid dienone is 1. The van der Waals surface area contributed by atoms with E-state index in [0.29, 0.717) is 5.57 Å². The van der Waals surface area contributed by atoms with Crippen molar-refractivity contribution in [1.29, 1.82) is 0 Å². The normalized spacial score (nSPS) is 15.5. The highest BCUT2D eigenvalue weighted by Crippen LogP contribution is 2.39. The van der Waals surface area contributed by atoms with Crippen LogP contribution in [0.4, 0.5) is 11.4 Å². The SMILES string of the molecule is O=C(C1=Cc2ccccc2OC1=C1CCCCC1)N(c1ccccc1)c1ccccc1. The lowest BCUT2D eigenvalue weighted by molar-refractivity contribution is -0.114. The first-order valence-corrected chi connectivity index (χ1v) is 11.0. The highest BCUT2D eigenvalue weighted by atomic mass is 16.5. The third kappa shape index (κ3) is 3.91. The number of anilines is 2. The summed E-state index contributed by atoms with van der Waals surface area (Å²) >= 11 is 0. The lowest BCUT2D eigenvalue weighted by Crippen LogP contribution is -2.30. The summed E-state index contributed by atoms with van der Waals surface area (Å²) in [6.07, 6.45) is 7.49. The number of amides is 1. The topological polar surface area (TPSA) is 29.5 Å². The molecule has 154 valence electrons. The fourth-order valence-electron chi connectivity index (χ4n) is 4.36. The van der Waals surface area contributed by atoms with Crippen molar-refractivity contribution in [2.24, 2.45) is 0 Å². The molecule has 5 rings (SSSR count). The number of hydrogen-bond donors (Lipinski definition) is 0. The molecule has 0 aromatic heterocycles. The lowest BCUT2D eigenvalue weighted by atomic mass is 9.90. The molecule has 0 unspecified atom stereocenters. The van der Waals surface area contributed by atoms with Crippen molar-refractivity contribution in [2.75, 3.05) is 4.90 Å². The molecule has 1 fully saturated rings. The van der Waals surface area contributed by atoms with E-state index in [0.717, 1.165) is 54.1 Å². The second-order valence-electron chi connectivity index (χ2n) is 8.00. The minimum absolute atomic E-state index is 0.0695. The van der Waals surface area contributed by atoms with Gasteiger partial charge in [0.05, 0.1) is 5.57 Å². The fraction of sp³-hybridized carbons (Fsp3) is 0.179. The number of fused-ring (bicyclic) bond motifs is 1. The first-order chi connectivity index (χ1) is 15.3. The number of carbonyl (C=O) groups is 1. The van der Waals surface area contributed by atoms with Crippen LogP contribution in [0, 0.1) is 0 Å². The lowest BCUT2D eigenvalue weighted by Gasteiger charge is -2.29. The van der Waals surface area contributed by atoms with E-state index in [1.54, 1.807) is 4.90 Å². The molecule has 1 amide bonds. The van der Waals surface area contributed by atoms with Crippen LogP contribution < -0.4 is 9.64 Å². The zero-order valence-electron chi connectivity index (χ0n) is 17.5. The first-order valence-electron chi connectivity index (χ1n) is 11.0. The van der Waals surface area contributed by atoms with E-state index >= 15 is 0 Å². The predicted molar refractivity (Wildman–Crippen MR) is 125 cm³/mol. The van der Waals surface area contributed by atoms with E-state index in [-0.39, 0.29) is 5.91 Å². The van der Waals surface area contributed by atoms with Crippen LogP contribution in [-0.4, -0.2) is 5.91 Å². The summed E-state index contributed by atoms with van der Waals surface area (Å²) in [5, 5.41) is 0. The molecular weight excluding hydrogens is 382 g/mol. The molecule has 1 saturated carbocycles. The van der Waals surface area contributed by atoms with Crippen LogP contribution in [0.25, 0.3) is 6.08 Å². The molecule has 0 N–H and O–H groups in total. The molecular formula is C28H25NO2. The summed E-state index contributed by atoms with van der Waals surface area (Å²) in [6.45, 7) is 0. The highest BCUT2D eigenvalue weighted by molar-refractivity contribution is 6.15. The molecule has 3 nitrogen and oxygen atoms in total. The van der Waals surface area contributed by atoms with Crippen molar-refractivity contribution in [3.63, 3.8) is 0 Å². The van der Waals surface area contributed by atoms with E-state index in [2.05, 4.69) is 0 Å². The molecule has 1 heterocycles. The third-order valence-corrected chi connectivity index (χ3v) is 5.92. The maximum absolute atomic E-state index is 14.1. The van der Waals surface area contributed by atoms with Crippen LogP contribution in [0.15, 0.2) is 102 Å². The number of hydrogen-bond acceptors (Lipinski definition) is 2. The van der Waals surface area contributed by atoms with Gasteiger partial charge in [0.15, 0.2) is 0 Å². The van der Waals surface area contributed by atoms with Gasteiger partial charge in [-0.25, -0.2) is 0 Å². The van der Waals surface area contributed by atoms with Crippen molar-refractivity contribution < 1.29 is 9.53 Å². The number of benzene rings is 3. The number of rotatable bonds is 3. The van der Waals surface area contributed by atoms with Gasteiger partial charge in [-0.1, -0.05) is 61.0 Å². The molecule has 3 aromatic rings. The Kier molecular flexibility index (Phi) is 5.40. The predicted octanol–water partition coefficient (Wildman–Crippen LogP) is 7.05. The Morgan fingerprint density at radius 2 is 1.29 bits per heavy atom. The van der Waals surface area contributed by atoms with Gasteiger partial charge in [-0.05, 0) is 67.7 Å². The van der Waals surface area contributed by atoms with E-state index < -0.39 is 0 Å². The average Bonchev–Trinajstić information content (AvgIpc) is 2.85. The summed E-state index contributed by atoms with van der Waals surface area (Å²) in [6, 6.07) is 27.6. The van der Waals surface area contributed by atoms with Crippen LogP contribution in [0.3, 0.4) is 0 Å². The third-order valence-electron chi connectivity index (χ3n) is 5.92. The van der Waals surface area contributed by atoms with Crippen LogP contribution in [-0.2, 0) is 4.79 Å². The van der Waals surface area contributed by atoms with E-state index in [4.69, 9.17) is 4.74 Å². The Morgan fingerprint density at radius 3 is 1.94 bits per heavy atom.